The van der Waals surface area contributed by atoms with Gasteiger partial charge in [0.15, 0.2) is 11.6 Å². The van der Waals surface area contributed by atoms with Crippen LogP contribution < -0.4 is 10.6 Å². The molecule has 2 aromatic rings. The van der Waals surface area contributed by atoms with Crippen LogP contribution in [0.1, 0.15) is 18.4 Å². The number of anilines is 3. The number of benzene rings is 1. The van der Waals surface area contributed by atoms with Gasteiger partial charge in [0.25, 0.3) is 0 Å². The molecule has 1 saturated heterocycles. The Morgan fingerprint density at radius 1 is 1.32 bits per heavy atom. The summed E-state index contributed by atoms with van der Waals surface area (Å²) < 4.78 is 0. The molecule has 0 saturated carbocycles. The lowest BCUT2D eigenvalue weighted by Crippen LogP contribution is -2.38. The fraction of sp³-hybridized carbons (Fsp3) is 0.300. The molecule has 146 valence electrons. The molecule has 1 aliphatic rings. The van der Waals surface area contributed by atoms with Gasteiger partial charge in [-0.05, 0) is 30.5 Å². The number of carbonyl (C=O) groups is 2. The number of halogens is 1. The van der Waals surface area contributed by atoms with Gasteiger partial charge in [-0.2, -0.15) is 4.98 Å². The summed E-state index contributed by atoms with van der Waals surface area (Å²) in [6.07, 6.45) is 5.64. The molecule has 2 heterocycles. The van der Waals surface area contributed by atoms with Crippen LogP contribution in [0, 0.1) is 0 Å². The number of hydrogen-bond acceptors (Lipinski definition) is 6. The first kappa shape index (κ1) is 19.8. The van der Waals surface area contributed by atoms with Crippen molar-refractivity contribution in [1.29, 1.82) is 0 Å². The Kier molecular flexibility index (Phi) is 6.60. The lowest BCUT2D eigenvalue weighted by atomic mass is 10.1. The molecule has 0 aliphatic carbocycles. The van der Waals surface area contributed by atoms with Gasteiger partial charge >= 0.3 is 0 Å². The molecule has 7 nitrogen and oxygen atoms in total. The summed E-state index contributed by atoms with van der Waals surface area (Å²) in [6.45, 7) is 4.95. The molecule has 1 aliphatic heterocycles. The fourth-order valence-corrected chi connectivity index (χ4v) is 3.18. The Balaban J connectivity index is 1.73. The number of nitrogens with one attached hydrogen (secondary N) is 2. The maximum Gasteiger partial charge on any atom is 0.224 e. The third-order valence-electron chi connectivity index (χ3n) is 4.62. The van der Waals surface area contributed by atoms with Crippen molar-refractivity contribution >= 4 is 41.2 Å². The predicted octanol–water partition coefficient (Wildman–Crippen LogP) is 3.20. The van der Waals surface area contributed by atoms with E-state index in [2.05, 4.69) is 27.2 Å². The fourth-order valence-electron chi connectivity index (χ4n) is 3.04. The van der Waals surface area contributed by atoms with Crippen molar-refractivity contribution in [3.8, 4) is 0 Å². The minimum Gasteiger partial charge on any atom is -0.351 e. The van der Waals surface area contributed by atoms with Gasteiger partial charge in [-0.1, -0.05) is 36.4 Å². The van der Waals surface area contributed by atoms with Crippen LogP contribution in [0.5, 0.6) is 0 Å². The number of nitrogens with zero attached hydrogens (tertiary/aromatic N) is 3. The average molecular weight is 400 g/mol. The standard InChI is InChI=1S/C20H22ClN5O2/c1-2-16(28)11-14-5-3-4-6-18(14)24-19-17(21)12-22-20(25-19)23-15-7-9-26(13-27)10-8-15/h2-6,12-13,15H,1,7-11H2,(H2,22,23,24,25). The van der Waals surface area contributed by atoms with Gasteiger partial charge in [0.1, 0.15) is 5.02 Å². The van der Waals surface area contributed by atoms with E-state index in [1.165, 1.54) is 12.3 Å². The molecular formula is C20H22ClN5O2. The molecule has 0 bridgehead atoms. The van der Waals surface area contributed by atoms with Gasteiger partial charge in [-0.15, -0.1) is 0 Å². The van der Waals surface area contributed by atoms with Crippen LogP contribution in [0.4, 0.5) is 17.5 Å². The predicted molar refractivity (Wildman–Crippen MR) is 110 cm³/mol. The summed E-state index contributed by atoms with van der Waals surface area (Å²) in [7, 11) is 0. The Bertz CT molecular complexity index is 865. The summed E-state index contributed by atoms with van der Waals surface area (Å²) in [5.74, 6) is 0.867. The van der Waals surface area contributed by atoms with Crippen LogP contribution in [0.15, 0.2) is 43.1 Å². The molecule has 0 unspecified atom stereocenters. The van der Waals surface area contributed by atoms with Gasteiger partial charge in [0.2, 0.25) is 12.4 Å². The van der Waals surface area contributed by atoms with Crippen LogP contribution >= 0.6 is 11.6 Å². The highest BCUT2D eigenvalue weighted by molar-refractivity contribution is 6.32. The van der Waals surface area contributed by atoms with Gasteiger partial charge in [0.05, 0.1) is 6.20 Å². The number of carbonyl (C=O) groups excluding carboxylic acids is 2. The van der Waals surface area contributed by atoms with E-state index in [0.717, 1.165) is 30.5 Å². The normalized spacial score (nSPS) is 14.4. The molecule has 3 rings (SSSR count). The van der Waals surface area contributed by atoms with Crippen molar-refractivity contribution in [2.24, 2.45) is 0 Å². The first-order valence-corrected chi connectivity index (χ1v) is 9.45. The number of amides is 1. The number of rotatable bonds is 8. The highest BCUT2D eigenvalue weighted by atomic mass is 35.5. The third kappa shape index (κ3) is 5.07. The molecular weight excluding hydrogens is 378 g/mol. The monoisotopic (exact) mass is 399 g/mol. The number of aromatic nitrogens is 2. The summed E-state index contributed by atoms with van der Waals surface area (Å²) in [5, 5.41) is 6.88. The molecule has 8 heteroatoms. The minimum absolute atomic E-state index is 0.0629. The zero-order valence-electron chi connectivity index (χ0n) is 15.4. The molecule has 0 spiro atoms. The second-order valence-electron chi connectivity index (χ2n) is 6.58. The second-order valence-corrected chi connectivity index (χ2v) is 6.99. The van der Waals surface area contributed by atoms with Crippen LogP contribution in [0.2, 0.25) is 5.02 Å². The Hall–Kier alpha value is -2.93. The average Bonchev–Trinajstić information content (AvgIpc) is 2.72. The molecule has 2 N–H and O–H groups in total. The Labute approximate surface area is 168 Å². The van der Waals surface area contributed by atoms with Crippen molar-refractivity contribution in [2.45, 2.75) is 25.3 Å². The minimum atomic E-state index is -0.0629. The molecule has 28 heavy (non-hydrogen) atoms. The summed E-state index contributed by atoms with van der Waals surface area (Å²) in [5.41, 5.74) is 1.58. The van der Waals surface area contributed by atoms with Crippen molar-refractivity contribution in [3.63, 3.8) is 0 Å². The number of piperidine rings is 1. The molecule has 1 fully saturated rings. The lowest BCUT2D eigenvalue weighted by molar-refractivity contribution is -0.119. The number of allylic oxidation sites excluding steroid dienone is 1. The molecule has 1 amide bonds. The molecule has 0 radical (unpaired) electrons. The zero-order valence-corrected chi connectivity index (χ0v) is 16.2. The van der Waals surface area contributed by atoms with E-state index < -0.39 is 0 Å². The lowest BCUT2D eigenvalue weighted by Gasteiger charge is -2.29. The summed E-state index contributed by atoms with van der Waals surface area (Å²) in [4.78, 5) is 33.1. The van der Waals surface area contributed by atoms with E-state index in [0.29, 0.717) is 29.9 Å². The van der Waals surface area contributed by atoms with Gasteiger partial charge in [-0.25, -0.2) is 4.98 Å². The third-order valence-corrected chi connectivity index (χ3v) is 4.90. The largest absolute Gasteiger partial charge is 0.351 e. The SMILES string of the molecule is C=CC(=O)Cc1ccccc1Nc1nc(NC2CCN(C=O)CC2)ncc1Cl. The second kappa shape index (κ2) is 9.32. The van der Waals surface area contributed by atoms with Crippen molar-refractivity contribution < 1.29 is 9.59 Å². The molecule has 0 atom stereocenters. The van der Waals surface area contributed by atoms with E-state index >= 15 is 0 Å². The Morgan fingerprint density at radius 3 is 2.79 bits per heavy atom. The smallest absolute Gasteiger partial charge is 0.224 e. The van der Waals surface area contributed by atoms with E-state index in [4.69, 9.17) is 11.6 Å². The van der Waals surface area contributed by atoms with Gasteiger partial charge in [0, 0.05) is 31.2 Å². The first-order chi connectivity index (χ1) is 13.6. The number of hydrogen-bond donors (Lipinski definition) is 2. The first-order valence-electron chi connectivity index (χ1n) is 9.07. The van der Waals surface area contributed by atoms with E-state index in [9.17, 15) is 9.59 Å². The molecule has 1 aromatic heterocycles. The number of likely N-dealkylation sites (tertiary alicyclic amines) is 1. The van der Waals surface area contributed by atoms with E-state index in [-0.39, 0.29) is 18.2 Å². The highest BCUT2D eigenvalue weighted by Crippen LogP contribution is 2.27. The van der Waals surface area contributed by atoms with Crippen LogP contribution in [0.25, 0.3) is 0 Å². The van der Waals surface area contributed by atoms with Crippen molar-refractivity contribution in [2.75, 3.05) is 23.7 Å². The number of ketones is 1. The summed E-state index contributed by atoms with van der Waals surface area (Å²) in [6, 6.07) is 7.68. The van der Waals surface area contributed by atoms with Gasteiger partial charge in [-0.3, -0.25) is 9.59 Å². The topological polar surface area (TPSA) is 87.2 Å². The molecule has 1 aromatic carbocycles. The van der Waals surface area contributed by atoms with E-state index in [1.807, 2.05) is 24.3 Å². The maximum absolute atomic E-state index is 11.7. The Morgan fingerprint density at radius 2 is 2.07 bits per heavy atom. The van der Waals surface area contributed by atoms with Gasteiger partial charge < -0.3 is 15.5 Å². The number of para-hydroxylation sites is 1. The maximum atomic E-state index is 11.7. The van der Waals surface area contributed by atoms with Crippen molar-refractivity contribution in [3.05, 3.63) is 53.7 Å². The van der Waals surface area contributed by atoms with Crippen LogP contribution in [-0.2, 0) is 16.0 Å². The van der Waals surface area contributed by atoms with Crippen molar-refractivity contribution in [1.82, 2.24) is 14.9 Å². The van der Waals surface area contributed by atoms with Crippen LogP contribution in [-0.4, -0.2) is 46.2 Å². The highest BCUT2D eigenvalue weighted by Gasteiger charge is 2.19. The zero-order chi connectivity index (χ0) is 19.9. The quantitative estimate of drug-likeness (QED) is 0.523. The summed E-state index contributed by atoms with van der Waals surface area (Å²) >= 11 is 6.27. The van der Waals surface area contributed by atoms with E-state index in [1.54, 1.807) is 4.90 Å². The van der Waals surface area contributed by atoms with Crippen LogP contribution in [0.3, 0.4) is 0 Å².